The fourth-order valence-corrected chi connectivity index (χ4v) is 1.47. The van der Waals surface area contributed by atoms with Gasteiger partial charge in [0.1, 0.15) is 5.75 Å². The topological polar surface area (TPSA) is 35.5 Å². The van der Waals surface area contributed by atoms with Crippen LogP contribution in [0.2, 0.25) is 0 Å². The summed E-state index contributed by atoms with van der Waals surface area (Å²) < 4.78 is 10.5. The highest BCUT2D eigenvalue weighted by Gasteiger charge is 2.17. The lowest BCUT2D eigenvalue weighted by atomic mass is 10.1. The van der Waals surface area contributed by atoms with Crippen LogP contribution in [0.3, 0.4) is 0 Å². The van der Waals surface area contributed by atoms with Crippen molar-refractivity contribution < 1.29 is 14.3 Å². The lowest BCUT2D eigenvalue weighted by molar-refractivity contribution is -0.150. The molecule has 1 rings (SSSR count). The van der Waals surface area contributed by atoms with Crippen molar-refractivity contribution in [3.05, 3.63) is 29.3 Å². The van der Waals surface area contributed by atoms with Gasteiger partial charge in [-0.2, -0.15) is 0 Å². The SMILES string of the molecule is CCOC(=O)[C@@H](C)Oc1c(C)cccc1C. The molecule has 0 aliphatic carbocycles. The fourth-order valence-electron chi connectivity index (χ4n) is 1.47. The molecule has 0 spiro atoms. The molecule has 0 amide bonds. The van der Waals surface area contributed by atoms with Crippen LogP contribution in [-0.4, -0.2) is 18.7 Å². The zero-order valence-corrected chi connectivity index (χ0v) is 10.2. The minimum atomic E-state index is -0.570. The summed E-state index contributed by atoms with van der Waals surface area (Å²) in [6.45, 7) is 7.77. The molecule has 0 fully saturated rings. The van der Waals surface area contributed by atoms with E-state index in [0.29, 0.717) is 6.61 Å². The summed E-state index contributed by atoms with van der Waals surface area (Å²) in [6.07, 6.45) is -0.570. The van der Waals surface area contributed by atoms with Crippen molar-refractivity contribution in [1.82, 2.24) is 0 Å². The summed E-state index contributed by atoms with van der Waals surface area (Å²) in [5, 5.41) is 0. The zero-order valence-electron chi connectivity index (χ0n) is 10.2. The molecule has 0 aromatic heterocycles. The Balaban J connectivity index is 2.76. The minimum absolute atomic E-state index is 0.329. The summed E-state index contributed by atoms with van der Waals surface area (Å²) in [5.41, 5.74) is 2.05. The van der Waals surface area contributed by atoms with E-state index in [1.54, 1.807) is 13.8 Å². The van der Waals surface area contributed by atoms with E-state index in [2.05, 4.69) is 0 Å². The van der Waals surface area contributed by atoms with E-state index in [9.17, 15) is 4.79 Å². The van der Waals surface area contributed by atoms with E-state index in [-0.39, 0.29) is 5.97 Å². The third-order valence-electron chi connectivity index (χ3n) is 2.32. The molecule has 3 nitrogen and oxygen atoms in total. The Morgan fingerprint density at radius 1 is 1.31 bits per heavy atom. The first-order chi connectivity index (χ1) is 7.56. The third kappa shape index (κ3) is 2.99. The molecule has 0 aliphatic rings. The molecule has 16 heavy (non-hydrogen) atoms. The minimum Gasteiger partial charge on any atom is -0.478 e. The maximum atomic E-state index is 11.4. The van der Waals surface area contributed by atoms with Crippen LogP contribution >= 0.6 is 0 Å². The van der Waals surface area contributed by atoms with E-state index in [4.69, 9.17) is 9.47 Å². The quantitative estimate of drug-likeness (QED) is 0.735. The van der Waals surface area contributed by atoms with Crippen molar-refractivity contribution in [3.63, 3.8) is 0 Å². The van der Waals surface area contributed by atoms with Gasteiger partial charge in [-0.3, -0.25) is 0 Å². The summed E-state index contributed by atoms with van der Waals surface area (Å²) in [4.78, 5) is 11.4. The molecular formula is C13H18O3. The lowest BCUT2D eigenvalue weighted by Crippen LogP contribution is -2.26. The summed E-state index contributed by atoms with van der Waals surface area (Å²) in [5.74, 6) is 0.438. The van der Waals surface area contributed by atoms with Gasteiger partial charge >= 0.3 is 5.97 Å². The van der Waals surface area contributed by atoms with Gasteiger partial charge in [-0.05, 0) is 38.8 Å². The largest absolute Gasteiger partial charge is 0.478 e. The van der Waals surface area contributed by atoms with E-state index in [1.807, 2.05) is 32.0 Å². The van der Waals surface area contributed by atoms with Crippen LogP contribution in [0.1, 0.15) is 25.0 Å². The average molecular weight is 222 g/mol. The van der Waals surface area contributed by atoms with Crippen molar-refractivity contribution in [3.8, 4) is 5.75 Å². The van der Waals surface area contributed by atoms with E-state index in [1.165, 1.54) is 0 Å². The second-order valence-corrected chi connectivity index (χ2v) is 3.73. The molecule has 0 N–H and O–H groups in total. The predicted octanol–water partition coefficient (Wildman–Crippen LogP) is 2.63. The van der Waals surface area contributed by atoms with Gasteiger partial charge in [0.25, 0.3) is 0 Å². The molecule has 3 heteroatoms. The summed E-state index contributed by atoms with van der Waals surface area (Å²) >= 11 is 0. The highest BCUT2D eigenvalue weighted by Crippen LogP contribution is 2.23. The van der Waals surface area contributed by atoms with Crippen LogP contribution in [-0.2, 0) is 9.53 Å². The molecule has 88 valence electrons. The summed E-state index contributed by atoms with van der Waals surface area (Å²) in [6, 6.07) is 5.88. The number of para-hydroxylation sites is 1. The number of hydrogen-bond acceptors (Lipinski definition) is 3. The van der Waals surface area contributed by atoms with Crippen molar-refractivity contribution in [2.75, 3.05) is 6.61 Å². The first-order valence-electron chi connectivity index (χ1n) is 5.45. The first-order valence-corrected chi connectivity index (χ1v) is 5.45. The Hall–Kier alpha value is -1.51. The zero-order chi connectivity index (χ0) is 12.1. The van der Waals surface area contributed by atoms with Crippen LogP contribution in [0.15, 0.2) is 18.2 Å². The fraction of sp³-hybridized carbons (Fsp3) is 0.462. The number of hydrogen-bond donors (Lipinski definition) is 0. The molecule has 1 atom stereocenters. The maximum absolute atomic E-state index is 11.4. The van der Waals surface area contributed by atoms with Crippen molar-refractivity contribution in [2.24, 2.45) is 0 Å². The number of benzene rings is 1. The van der Waals surface area contributed by atoms with Crippen molar-refractivity contribution in [2.45, 2.75) is 33.8 Å². The molecule has 1 aromatic rings. The van der Waals surface area contributed by atoms with E-state index in [0.717, 1.165) is 16.9 Å². The molecule has 0 bridgehead atoms. The second kappa shape index (κ2) is 5.54. The predicted molar refractivity (Wildman–Crippen MR) is 62.6 cm³/mol. The average Bonchev–Trinajstić information content (AvgIpc) is 2.23. The van der Waals surface area contributed by atoms with Gasteiger partial charge in [0.2, 0.25) is 0 Å². The molecule has 1 aromatic carbocycles. The molecule has 0 aliphatic heterocycles. The molecule has 0 heterocycles. The van der Waals surface area contributed by atoms with Gasteiger partial charge in [-0.25, -0.2) is 4.79 Å². The number of rotatable bonds is 4. The third-order valence-corrected chi connectivity index (χ3v) is 2.32. The Kier molecular flexibility index (Phi) is 4.35. The van der Waals surface area contributed by atoms with Crippen LogP contribution in [0.25, 0.3) is 0 Å². The highest BCUT2D eigenvalue weighted by molar-refractivity contribution is 5.74. The van der Waals surface area contributed by atoms with E-state index >= 15 is 0 Å². The summed E-state index contributed by atoms with van der Waals surface area (Å²) in [7, 11) is 0. The van der Waals surface area contributed by atoms with Crippen molar-refractivity contribution in [1.29, 1.82) is 0 Å². The van der Waals surface area contributed by atoms with Gasteiger partial charge < -0.3 is 9.47 Å². The molecule has 0 saturated heterocycles. The van der Waals surface area contributed by atoms with Crippen LogP contribution < -0.4 is 4.74 Å². The normalized spacial score (nSPS) is 12.0. The van der Waals surface area contributed by atoms with Gasteiger partial charge in [-0.15, -0.1) is 0 Å². The monoisotopic (exact) mass is 222 g/mol. The molecular weight excluding hydrogens is 204 g/mol. The molecule has 0 saturated carbocycles. The lowest BCUT2D eigenvalue weighted by Gasteiger charge is -2.16. The van der Waals surface area contributed by atoms with Crippen LogP contribution in [0.4, 0.5) is 0 Å². The van der Waals surface area contributed by atoms with Gasteiger partial charge in [0, 0.05) is 0 Å². The Bertz CT molecular complexity index is 351. The van der Waals surface area contributed by atoms with Crippen LogP contribution in [0.5, 0.6) is 5.75 Å². The maximum Gasteiger partial charge on any atom is 0.347 e. The number of carbonyl (C=O) groups is 1. The smallest absolute Gasteiger partial charge is 0.347 e. The van der Waals surface area contributed by atoms with Crippen LogP contribution in [0, 0.1) is 13.8 Å². The second-order valence-electron chi connectivity index (χ2n) is 3.73. The number of aryl methyl sites for hydroxylation is 2. The number of esters is 1. The van der Waals surface area contributed by atoms with E-state index < -0.39 is 6.10 Å². The number of ether oxygens (including phenoxy) is 2. The Morgan fingerprint density at radius 2 is 1.88 bits per heavy atom. The van der Waals surface area contributed by atoms with Gasteiger partial charge in [0.15, 0.2) is 6.10 Å². The number of carbonyl (C=O) groups excluding carboxylic acids is 1. The first kappa shape index (κ1) is 12.6. The highest BCUT2D eigenvalue weighted by atomic mass is 16.6. The van der Waals surface area contributed by atoms with Crippen molar-refractivity contribution >= 4 is 5.97 Å². The Labute approximate surface area is 96.4 Å². The van der Waals surface area contributed by atoms with Gasteiger partial charge in [0.05, 0.1) is 6.61 Å². The Morgan fingerprint density at radius 3 is 2.38 bits per heavy atom. The molecule has 0 radical (unpaired) electrons. The standard InChI is InChI=1S/C13H18O3/c1-5-15-13(14)11(4)16-12-9(2)7-6-8-10(12)3/h6-8,11H,5H2,1-4H3/t11-/m1/s1. The molecule has 0 unspecified atom stereocenters. The van der Waals surface area contributed by atoms with Gasteiger partial charge in [-0.1, -0.05) is 18.2 Å².